The molecule has 0 atom stereocenters. The fraction of sp³-hybridized carbons (Fsp3) is 0.316. The molecule has 28 heavy (non-hydrogen) atoms. The molecule has 3 rings (SSSR count). The third kappa shape index (κ3) is 4.94. The molecule has 1 amide bonds. The molecule has 0 unspecified atom stereocenters. The maximum Gasteiger partial charge on any atom is 0.235 e. The van der Waals surface area contributed by atoms with Crippen LogP contribution in [0.5, 0.6) is 5.75 Å². The van der Waals surface area contributed by atoms with Gasteiger partial charge in [0.1, 0.15) is 11.6 Å². The highest BCUT2D eigenvalue weighted by molar-refractivity contribution is 7.93. The van der Waals surface area contributed by atoms with Gasteiger partial charge >= 0.3 is 0 Å². The zero-order valence-electron chi connectivity index (χ0n) is 15.0. The summed E-state index contributed by atoms with van der Waals surface area (Å²) in [6.45, 7) is 0.549. The third-order valence-corrected chi connectivity index (χ3v) is 6.41. The zero-order chi connectivity index (χ0) is 20.1. The molecule has 9 heteroatoms. The van der Waals surface area contributed by atoms with Gasteiger partial charge in [0.2, 0.25) is 15.9 Å². The zero-order valence-corrected chi connectivity index (χ0v) is 16.6. The molecule has 0 saturated carbocycles. The van der Waals surface area contributed by atoms with Crippen LogP contribution in [0.2, 0.25) is 5.02 Å². The van der Waals surface area contributed by atoms with Gasteiger partial charge in [-0.15, -0.1) is 0 Å². The molecule has 0 spiro atoms. The number of anilines is 2. The van der Waals surface area contributed by atoms with Crippen molar-refractivity contribution in [3.63, 3.8) is 0 Å². The molecule has 2 aromatic carbocycles. The molecule has 1 fully saturated rings. The molecule has 0 radical (unpaired) electrons. The first-order valence-corrected chi connectivity index (χ1v) is 10.8. The first-order valence-electron chi connectivity index (χ1n) is 8.84. The summed E-state index contributed by atoms with van der Waals surface area (Å²) in [5.41, 5.74) is 0.299. The topological polar surface area (TPSA) is 75.7 Å². The highest BCUT2D eigenvalue weighted by Gasteiger charge is 2.30. The van der Waals surface area contributed by atoms with Gasteiger partial charge < -0.3 is 10.1 Å². The van der Waals surface area contributed by atoms with E-state index >= 15 is 0 Å². The van der Waals surface area contributed by atoms with Crippen LogP contribution < -0.4 is 14.4 Å². The molecule has 1 heterocycles. The maximum absolute atomic E-state index is 14.1. The molecule has 6 nitrogen and oxygen atoms in total. The monoisotopic (exact) mass is 426 g/mol. The minimum atomic E-state index is -3.50. The van der Waals surface area contributed by atoms with E-state index in [2.05, 4.69) is 5.32 Å². The van der Waals surface area contributed by atoms with Gasteiger partial charge in [0.25, 0.3) is 0 Å². The number of halogens is 2. The first-order chi connectivity index (χ1) is 13.4. The van der Waals surface area contributed by atoms with E-state index in [0.717, 1.165) is 10.4 Å². The first kappa shape index (κ1) is 20.4. The number of hydrogen-bond donors (Lipinski definition) is 1. The summed E-state index contributed by atoms with van der Waals surface area (Å²) in [6, 6.07) is 11.0. The van der Waals surface area contributed by atoms with E-state index in [1.807, 2.05) is 0 Å². The van der Waals surface area contributed by atoms with Gasteiger partial charge in [0.05, 0.1) is 23.1 Å². The summed E-state index contributed by atoms with van der Waals surface area (Å²) < 4.78 is 44.7. The van der Waals surface area contributed by atoms with E-state index in [0.29, 0.717) is 35.9 Å². The second-order valence-electron chi connectivity index (χ2n) is 6.34. The molecular weight excluding hydrogens is 407 g/mol. The van der Waals surface area contributed by atoms with Crippen LogP contribution >= 0.6 is 11.6 Å². The fourth-order valence-electron chi connectivity index (χ4n) is 2.89. The van der Waals surface area contributed by atoms with E-state index in [4.69, 9.17) is 16.3 Å². The van der Waals surface area contributed by atoms with Crippen molar-refractivity contribution >= 4 is 38.9 Å². The summed E-state index contributed by atoms with van der Waals surface area (Å²) in [4.78, 5) is 12.1. The Balaban J connectivity index is 1.54. The van der Waals surface area contributed by atoms with Gasteiger partial charge in [-0.1, -0.05) is 23.7 Å². The smallest absolute Gasteiger partial charge is 0.235 e. The van der Waals surface area contributed by atoms with Crippen molar-refractivity contribution in [2.45, 2.75) is 19.3 Å². The molecule has 1 aliphatic heterocycles. The largest absolute Gasteiger partial charge is 0.492 e. The quantitative estimate of drug-likeness (QED) is 0.683. The molecule has 0 aliphatic carbocycles. The van der Waals surface area contributed by atoms with E-state index in [1.165, 1.54) is 12.1 Å². The van der Waals surface area contributed by atoms with Crippen molar-refractivity contribution in [3.8, 4) is 5.75 Å². The van der Waals surface area contributed by atoms with Crippen molar-refractivity contribution < 1.29 is 22.3 Å². The number of carbonyl (C=O) groups is 1. The average Bonchev–Trinajstić information content (AvgIpc) is 3.00. The Hall–Kier alpha value is -2.32. The van der Waals surface area contributed by atoms with Crippen molar-refractivity contribution in [1.82, 2.24) is 0 Å². The van der Waals surface area contributed by atoms with Crippen LogP contribution in [0.4, 0.5) is 15.8 Å². The molecule has 1 N–H and O–H groups in total. The van der Waals surface area contributed by atoms with Crippen LogP contribution in [-0.4, -0.2) is 33.2 Å². The van der Waals surface area contributed by atoms with Gasteiger partial charge in [-0.05, 0) is 43.2 Å². The second kappa shape index (κ2) is 8.79. The molecule has 0 bridgehead atoms. The van der Waals surface area contributed by atoms with Crippen LogP contribution in [0.25, 0.3) is 0 Å². The Morgan fingerprint density at radius 1 is 1.25 bits per heavy atom. The number of ether oxygens (including phenoxy) is 1. The van der Waals surface area contributed by atoms with Crippen LogP contribution in [-0.2, 0) is 14.8 Å². The highest BCUT2D eigenvalue weighted by atomic mass is 35.5. The Kier molecular flexibility index (Phi) is 6.41. The number of para-hydroxylation sites is 1. The third-order valence-electron chi connectivity index (χ3n) is 4.24. The SMILES string of the molecule is O=C(CCCOc1ccccc1Cl)Nc1ccc(F)c(N2CCCS2(=O)=O)c1. The highest BCUT2D eigenvalue weighted by Crippen LogP contribution is 2.29. The van der Waals surface area contributed by atoms with Crippen molar-refractivity contribution in [3.05, 3.63) is 53.3 Å². The van der Waals surface area contributed by atoms with Gasteiger partial charge in [0, 0.05) is 18.7 Å². The van der Waals surface area contributed by atoms with E-state index < -0.39 is 15.8 Å². The lowest BCUT2D eigenvalue weighted by Gasteiger charge is -2.18. The molecule has 0 aromatic heterocycles. The average molecular weight is 427 g/mol. The Morgan fingerprint density at radius 2 is 2.04 bits per heavy atom. The normalized spacial score (nSPS) is 15.4. The van der Waals surface area contributed by atoms with Gasteiger partial charge in [-0.2, -0.15) is 0 Å². The van der Waals surface area contributed by atoms with Gasteiger partial charge in [-0.25, -0.2) is 12.8 Å². The Labute approximate surface area is 168 Å². The second-order valence-corrected chi connectivity index (χ2v) is 8.76. The summed E-state index contributed by atoms with van der Waals surface area (Å²) in [7, 11) is -3.50. The predicted octanol–water partition coefficient (Wildman–Crippen LogP) is 3.82. The van der Waals surface area contributed by atoms with Crippen LogP contribution in [0.15, 0.2) is 42.5 Å². The Bertz CT molecular complexity index is 968. The van der Waals surface area contributed by atoms with E-state index in [-0.39, 0.29) is 30.3 Å². The number of benzene rings is 2. The molecule has 1 aliphatic rings. The van der Waals surface area contributed by atoms with Crippen molar-refractivity contribution in [2.75, 3.05) is 28.5 Å². The number of hydrogen-bond acceptors (Lipinski definition) is 4. The lowest BCUT2D eigenvalue weighted by molar-refractivity contribution is -0.116. The van der Waals surface area contributed by atoms with Crippen molar-refractivity contribution in [1.29, 1.82) is 0 Å². The minimum absolute atomic E-state index is 0.00550. The molecule has 1 saturated heterocycles. The predicted molar refractivity (Wildman–Crippen MR) is 107 cm³/mol. The van der Waals surface area contributed by atoms with E-state index in [9.17, 15) is 17.6 Å². The fourth-order valence-corrected chi connectivity index (χ4v) is 4.64. The number of rotatable bonds is 7. The van der Waals surface area contributed by atoms with Crippen LogP contribution in [0.1, 0.15) is 19.3 Å². The minimum Gasteiger partial charge on any atom is -0.492 e. The number of amides is 1. The number of nitrogens with one attached hydrogen (secondary N) is 1. The van der Waals surface area contributed by atoms with Crippen LogP contribution in [0, 0.1) is 5.82 Å². The summed E-state index contributed by atoms with van der Waals surface area (Å²) in [5.74, 6) is -0.366. The van der Waals surface area contributed by atoms with Crippen molar-refractivity contribution in [2.24, 2.45) is 0 Å². The number of sulfonamides is 1. The van der Waals surface area contributed by atoms with Crippen LogP contribution in [0.3, 0.4) is 0 Å². The number of nitrogens with zero attached hydrogens (tertiary/aromatic N) is 1. The summed E-state index contributed by atoms with van der Waals surface area (Å²) >= 11 is 5.99. The maximum atomic E-state index is 14.1. The lowest BCUT2D eigenvalue weighted by Crippen LogP contribution is -2.26. The molecular formula is C19H20ClFN2O4S. The lowest BCUT2D eigenvalue weighted by atomic mass is 10.2. The number of carbonyl (C=O) groups excluding carboxylic acids is 1. The summed E-state index contributed by atoms with van der Waals surface area (Å²) in [6.07, 6.45) is 1.11. The standard InChI is InChI=1S/C19H20ClFN2O4S/c20-15-5-1-2-6-18(15)27-11-3-7-19(24)22-14-8-9-16(21)17(13-14)23-10-4-12-28(23,25)26/h1-2,5-6,8-9,13H,3-4,7,10-12H2,(H,22,24). The molecule has 2 aromatic rings. The van der Waals surface area contributed by atoms with Gasteiger partial charge in [0.15, 0.2) is 0 Å². The summed E-state index contributed by atoms with van der Waals surface area (Å²) in [5, 5.41) is 3.16. The Morgan fingerprint density at radius 3 is 2.75 bits per heavy atom. The van der Waals surface area contributed by atoms with E-state index in [1.54, 1.807) is 24.3 Å². The van der Waals surface area contributed by atoms with Gasteiger partial charge in [-0.3, -0.25) is 9.10 Å². The molecule has 150 valence electrons.